The zero-order chi connectivity index (χ0) is 12.5. The third kappa shape index (κ3) is 2.37. The Labute approximate surface area is 101 Å². The monoisotopic (exact) mass is 229 g/mol. The largest absolute Gasteiger partial charge is 0.318 e. The fraction of sp³-hybridized carbons (Fsp3) is 0.200. The summed E-state index contributed by atoms with van der Waals surface area (Å²) >= 11 is 0. The van der Waals surface area contributed by atoms with E-state index in [1.807, 2.05) is 50.2 Å². The Morgan fingerprint density at radius 2 is 1.65 bits per heavy atom. The maximum atomic E-state index is 13.4. The van der Waals surface area contributed by atoms with E-state index in [4.69, 9.17) is 5.73 Å². The minimum atomic E-state index is -0.672. The van der Waals surface area contributed by atoms with Gasteiger partial charge in [0, 0.05) is 0 Å². The van der Waals surface area contributed by atoms with Gasteiger partial charge in [-0.25, -0.2) is 4.39 Å². The molecule has 1 unspecified atom stereocenters. The Kier molecular flexibility index (Phi) is 2.99. The van der Waals surface area contributed by atoms with Gasteiger partial charge < -0.3 is 5.73 Å². The molecule has 88 valence electrons. The van der Waals surface area contributed by atoms with Gasteiger partial charge in [0.2, 0.25) is 0 Å². The summed E-state index contributed by atoms with van der Waals surface area (Å²) in [6.45, 7) is 3.77. The molecule has 2 aromatic rings. The topological polar surface area (TPSA) is 26.0 Å². The van der Waals surface area contributed by atoms with E-state index in [-0.39, 0.29) is 5.82 Å². The highest BCUT2D eigenvalue weighted by molar-refractivity contribution is 5.38. The molecule has 0 radical (unpaired) electrons. The Hall–Kier alpha value is -1.67. The number of halogens is 1. The van der Waals surface area contributed by atoms with Crippen molar-refractivity contribution in [3.63, 3.8) is 0 Å². The van der Waals surface area contributed by atoms with Crippen molar-refractivity contribution in [1.29, 1.82) is 0 Å². The number of rotatable bonds is 2. The number of aryl methyl sites for hydroxylation is 1. The summed E-state index contributed by atoms with van der Waals surface area (Å²) in [7, 11) is 0. The van der Waals surface area contributed by atoms with Crippen LogP contribution < -0.4 is 5.73 Å². The van der Waals surface area contributed by atoms with E-state index in [9.17, 15) is 4.39 Å². The van der Waals surface area contributed by atoms with E-state index < -0.39 is 5.54 Å². The Balaban J connectivity index is 2.51. The molecular formula is C15H16FN. The zero-order valence-corrected chi connectivity index (χ0v) is 10.1. The summed E-state index contributed by atoms with van der Waals surface area (Å²) < 4.78 is 13.4. The molecule has 17 heavy (non-hydrogen) atoms. The van der Waals surface area contributed by atoms with Gasteiger partial charge in [0.05, 0.1) is 5.54 Å². The van der Waals surface area contributed by atoms with Crippen LogP contribution in [0.2, 0.25) is 0 Å². The van der Waals surface area contributed by atoms with Crippen LogP contribution in [0.5, 0.6) is 0 Å². The number of benzene rings is 2. The Morgan fingerprint density at radius 3 is 2.24 bits per heavy atom. The molecule has 0 aliphatic carbocycles. The molecule has 0 saturated heterocycles. The number of hydrogen-bond donors (Lipinski definition) is 1. The van der Waals surface area contributed by atoms with Gasteiger partial charge in [0.1, 0.15) is 5.82 Å². The molecule has 0 aliphatic rings. The molecule has 0 amide bonds. The lowest BCUT2D eigenvalue weighted by atomic mass is 9.85. The van der Waals surface area contributed by atoms with Gasteiger partial charge in [-0.15, -0.1) is 0 Å². The second-order valence-electron chi connectivity index (χ2n) is 4.59. The van der Waals surface area contributed by atoms with Crippen molar-refractivity contribution in [2.45, 2.75) is 19.4 Å². The molecule has 0 aliphatic heterocycles. The van der Waals surface area contributed by atoms with Crippen molar-refractivity contribution in [2.75, 3.05) is 0 Å². The van der Waals surface area contributed by atoms with Crippen LogP contribution in [-0.4, -0.2) is 0 Å². The van der Waals surface area contributed by atoms with Crippen LogP contribution in [0.3, 0.4) is 0 Å². The Morgan fingerprint density at radius 1 is 1.00 bits per heavy atom. The van der Waals surface area contributed by atoms with E-state index in [0.717, 1.165) is 16.7 Å². The second kappa shape index (κ2) is 4.30. The molecule has 1 nitrogen and oxygen atoms in total. The van der Waals surface area contributed by atoms with Gasteiger partial charge in [-0.2, -0.15) is 0 Å². The zero-order valence-electron chi connectivity index (χ0n) is 10.1. The van der Waals surface area contributed by atoms with Crippen LogP contribution in [0.15, 0.2) is 48.5 Å². The van der Waals surface area contributed by atoms with Crippen molar-refractivity contribution in [3.05, 3.63) is 71.0 Å². The lowest BCUT2D eigenvalue weighted by Crippen LogP contribution is -2.34. The standard InChI is InChI=1S/C15H16FN/c1-11-8-13(10-14(16)9-11)15(2,17)12-6-4-3-5-7-12/h3-10H,17H2,1-2H3. The molecule has 0 heterocycles. The molecule has 0 aromatic heterocycles. The maximum Gasteiger partial charge on any atom is 0.123 e. The van der Waals surface area contributed by atoms with Gasteiger partial charge in [-0.1, -0.05) is 36.4 Å². The second-order valence-corrected chi connectivity index (χ2v) is 4.59. The first kappa shape index (κ1) is 11.8. The number of nitrogens with two attached hydrogens (primary N) is 1. The Bertz CT molecular complexity index is 497. The predicted octanol–water partition coefficient (Wildman–Crippen LogP) is 3.36. The summed E-state index contributed by atoms with van der Waals surface area (Å²) in [5.41, 5.74) is 8.31. The molecule has 2 heteroatoms. The summed E-state index contributed by atoms with van der Waals surface area (Å²) in [5, 5.41) is 0. The van der Waals surface area contributed by atoms with E-state index in [0.29, 0.717) is 0 Å². The molecule has 0 fully saturated rings. The molecule has 2 N–H and O–H groups in total. The van der Waals surface area contributed by atoms with E-state index in [1.165, 1.54) is 12.1 Å². The smallest absolute Gasteiger partial charge is 0.123 e. The first-order chi connectivity index (χ1) is 8.00. The first-order valence-electron chi connectivity index (χ1n) is 5.62. The minimum absolute atomic E-state index is 0.243. The molecule has 2 rings (SSSR count). The molecule has 1 atom stereocenters. The maximum absolute atomic E-state index is 13.4. The number of hydrogen-bond acceptors (Lipinski definition) is 1. The minimum Gasteiger partial charge on any atom is -0.318 e. The highest BCUT2D eigenvalue weighted by Crippen LogP contribution is 2.27. The van der Waals surface area contributed by atoms with Crippen molar-refractivity contribution < 1.29 is 4.39 Å². The SMILES string of the molecule is Cc1cc(F)cc(C(C)(N)c2ccccc2)c1. The third-order valence-electron chi connectivity index (χ3n) is 3.02. The van der Waals surface area contributed by atoms with Gasteiger partial charge >= 0.3 is 0 Å². The van der Waals surface area contributed by atoms with E-state index in [2.05, 4.69) is 0 Å². The van der Waals surface area contributed by atoms with E-state index >= 15 is 0 Å². The summed E-state index contributed by atoms with van der Waals surface area (Å²) in [4.78, 5) is 0. The molecule has 2 aromatic carbocycles. The van der Waals surface area contributed by atoms with Crippen LogP contribution in [0, 0.1) is 12.7 Å². The van der Waals surface area contributed by atoms with Gasteiger partial charge in [-0.05, 0) is 42.7 Å². The average Bonchev–Trinajstić information content (AvgIpc) is 2.29. The summed E-state index contributed by atoms with van der Waals surface area (Å²) in [6, 6.07) is 14.7. The highest BCUT2D eigenvalue weighted by atomic mass is 19.1. The molecule has 0 saturated carbocycles. The predicted molar refractivity (Wildman–Crippen MR) is 68.2 cm³/mol. The van der Waals surface area contributed by atoms with Gasteiger partial charge in [0.25, 0.3) is 0 Å². The van der Waals surface area contributed by atoms with Crippen LogP contribution in [0.1, 0.15) is 23.6 Å². The molecular weight excluding hydrogens is 213 g/mol. The molecule has 0 bridgehead atoms. The van der Waals surface area contributed by atoms with Crippen molar-refractivity contribution in [2.24, 2.45) is 5.73 Å². The van der Waals surface area contributed by atoms with Crippen molar-refractivity contribution in [3.8, 4) is 0 Å². The first-order valence-corrected chi connectivity index (χ1v) is 5.62. The third-order valence-corrected chi connectivity index (χ3v) is 3.02. The summed E-state index contributed by atoms with van der Waals surface area (Å²) in [6.07, 6.45) is 0. The van der Waals surface area contributed by atoms with Crippen LogP contribution in [0.25, 0.3) is 0 Å². The normalized spacial score (nSPS) is 14.4. The van der Waals surface area contributed by atoms with Gasteiger partial charge in [-0.3, -0.25) is 0 Å². The van der Waals surface area contributed by atoms with E-state index in [1.54, 1.807) is 0 Å². The van der Waals surface area contributed by atoms with Crippen LogP contribution in [-0.2, 0) is 5.54 Å². The van der Waals surface area contributed by atoms with Crippen LogP contribution in [0.4, 0.5) is 4.39 Å². The fourth-order valence-electron chi connectivity index (χ4n) is 1.99. The highest BCUT2D eigenvalue weighted by Gasteiger charge is 2.24. The lowest BCUT2D eigenvalue weighted by Gasteiger charge is -2.26. The fourth-order valence-corrected chi connectivity index (χ4v) is 1.99. The van der Waals surface area contributed by atoms with Crippen molar-refractivity contribution in [1.82, 2.24) is 0 Å². The lowest BCUT2D eigenvalue weighted by molar-refractivity contribution is 0.580. The molecule has 0 spiro atoms. The van der Waals surface area contributed by atoms with Crippen LogP contribution >= 0.6 is 0 Å². The summed E-state index contributed by atoms with van der Waals surface area (Å²) in [5.74, 6) is -0.243. The quantitative estimate of drug-likeness (QED) is 0.839. The average molecular weight is 229 g/mol. The van der Waals surface area contributed by atoms with Crippen molar-refractivity contribution >= 4 is 0 Å². The van der Waals surface area contributed by atoms with Gasteiger partial charge in [0.15, 0.2) is 0 Å².